The smallest absolute Gasteiger partial charge is 0.264 e. The van der Waals surface area contributed by atoms with E-state index in [4.69, 9.17) is 0 Å². The fraction of sp³-hybridized carbons (Fsp3) is 0.333. The number of amides is 1. The zero-order valence-electron chi connectivity index (χ0n) is 9.13. The van der Waals surface area contributed by atoms with Gasteiger partial charge < -0.3 is 10.4 Å². The molecule has 0 saturated carbocycles. The van der Waals surface area contributed by atoms with Gasteiger partial charge in [0.2, 0.25) is 0 Å². The molecule has 17 heavy (non-hydrogen) atoms. The van der Waals surface area contributed by atoms with Crippen molar-refractivity contribution in [2.75, 3.05) is 0 Å². The van der Waals surface area contributed by atoms with Crippen molar-refractivity contribution in [1.82, 2.24) is 10.6 Å². The van der Waals surface area contributed by atoms with E-state index in [0.717, 1.165) is 11.1 Å². The van der Waals surface area contributed by atoms with Gasteiger partial charge in [0.05, 0.1) is 18.4 Å². The molecule has 0 aromatic heterocycles. The second kappa shape index (κ2) is 3.94. The molecule has 1 aliphatic heterocycles. The van der Waals surface area contributed by atoms with Crippen molar-refractivity contribution >= 4 is 12.1 Å². The van der Waals surface area contributed by atoms with E-state index in [-0.39, 0.29) is 11.9 Å². The normalized spacial score (nSPS) is 30.4. The molecule has 3 atom stereocenters. The van der Waals surface area contributed by atoms with Crippen LogP contribution in [0.5, 0.6) is 0 Å². The number of aliphatic imine (C=N–C) groups is 1. The van der Waals surface area contributed by atoms with Crippen LogP contribution >= 0.6 is 0 Å². The number of nitrogens with one attached hydrogen (secondary N) is 2. The van der Waals surface area contributed by atoms with Crippen molar-refractivity contribution in [3.05, 3.63) is 35.4 Å². The molecule has 2 aliphatic rings. The molecule has 0 saturated heterocycles. The third-order valence-electron chi connectivity index (χ3n) is 3.16. The van der Waals surface area contributed by atoms with E-state index in [2.05, 4.69) is 15.6 Å². The summed E-state index contributed by atoms with van der Waals surface area (Å²) in [7, 11) is 0. The van der Waals surface area contributed by atoms with Crippen LogP contribution in [0.4, 0.5) is 0 Å². The van der Waals surface area contributed by atoms with Crippen LogP contribution in [0.3, 0.4) is 0 Å². The Morgan fingerprint density at radius 2 is 2.24 bits per heavy atom. The minimum atomic E-state index is -0.472. The summed E-state index contributed by atoms with van der Waals surface area (Å²) >= 11 is 0. The molecule has 3 N–H and O–H groups in total. The first kappa shape index (κ1) is 10.4. The van der Waals surface area contributed by atoms with E-state index >= 15 is 0 Å². The lowest BCUT2D eigenvalue weighted by Crippen LogP contribution is -2.43. The van der Waals surface area contributed by atoms with Gasteiger partial charge in [-0.05, 0) is 11.1 Å². The van der Waals surface area contributed by atoms with Crippen LogP contribution < -0.4 is 10.6 Å². The molecule has 88 valence electrons. The Balaban J connectivity index is 1.79. The molecule has 5 nitrogen and oxygen atoms in total. The van der Waals surface area contributed by atoms with Gasteiger partial charge in [0.1, 0.15) is 0 Å². The maximum absolute atomic E-state index is 11.0. The Labute approximate surface area is 98.6 Å². The fourth-order valence-electron chi connectivity index (χ4n) is 2.38. The van der Waals surface area contributed by atoms with Gasteiger partial charge in [-0.25, -0.2) is 4.99 Å². The number of rotatable bonds is 2. The summed E-state index contributed by atoms with van der Waals surface area (Å²) in [4.78, 5) is 15.0. The lowest BCUT2D eigenvalue weighted by atomic mass is 10.1. The summed E-state index contributed by atoms with van der Waals surface area (Å²) in [5.41, 5.74) is 2.22. The Morgan fingerprint density at radius 3 is 3.00 bits per heavy atom. The molecule has 1 unspecified atom stereocenters. The molecule has 3 rings (SSSR count). The Morgan fingerprint density at radius 1 is 1.41 bits per heavy atom. The summed E-state index contributed by atoms with van der Waals surface area (Å²) in [5.74, 6) is -0.205. The van der Waals surface area contributed by atoms with E-state index < -0.39 is 12.4 Å². The van der Waals surface area contributed by atoms with Crippen LogP contribution in [0.25, 0.3) is 0 Å². The molecule has 1 aromatic rings. The average molecular weight is 231 g/mol. The summed E-state index contributed by atoms with van der Waals surface area (Å²) in [6.07, 6.45) is 0.983. The maximum atomic E-state index is 11.0. The Bertz CT molecular complexity index is 486. The number of carbonyl (C=O) groups excluding carboxylic acids is 1. The highest BCUT2D eigenvalue weighted by Gasteiger charge is 2.33. The van der Waals surface area contributed by atoms with E-state index in [1.807, 2.05) is 24.3 Å². The van der Waals surface area contributed by atoms with Gasteiger partial charge in [-0.2, -0.15) is 0 Å². The molecular formula is C12H13N3O2. The zero-order chi connectivity index (χ0) is 11.8. The second-order valence-electron chi connectivity index (χ2n) is 4.30. The standard InChI is InChI=1S/C12H13N3O2/c16-9-5-7-3-1-2-4-8(7)11(9)15-12-13-6-10(17)14-12/h1-4,6,9,11-12,15-16H,5H2,(H,14,17)/t9-,11-,12?/m1/s1. The number of hydrogen-bond donors (Lipinski definition) is 3. The molecule has 0 spiro atoms. The first-order valence-corrected chi connectivity index (χ1v) is 5.59. The fourth-order valence-corrected chi connectivity index (χ4v) is 2.38. The first-order chi connectivity index (χ1) is 8.24. The van der Waals surface area contributed by atoms with Crippen molar-refractivity contribution in [2.24, 2.45) is 4.99 Å². The predicted octanol–water partition coefficient (Wildman–Crippen LogP) is -0.282. The van der Waals surface area contributed by atoms with Gasteiger partial charge in [0, 0.05) is 6.42 Å². The van der Waals surface area contributed by atoms with Crippen molar-refractivity contribution in [3.8, 4) is 0 Å². The zero-order valence-corrected chi connectivity index (χ0v) is 9.13. The van der Waals surface area contributed by atoms with Crippen molar-refractivity contribution < 1.29 is 9.90 Å². The molecule has 1 heterocycles. The maximum Gasteiger partial charge on any atom is 0.264 e. The summed E-state index contributed by atoms with van der Waals surface area (Å²) in [6.45, 7) is 0. The van der Waals surface area contributed by atoms with Crippen molar-refractivity contribution in [3.63, 3.8) is 0 Å². The van der Waals surface area contributed by atoms with Crippen LogP contribution in [0.2, 0.25) is 0 Å². The molecule has 1 aromatic carbocycles. The highest BCUT2D eigenvalue weighted by molar-refractivity contribution is 6.27. The number of aliphatic hydroxyl groups is 1. The number of benzene rings is 1. The van der Waals surface area contributed by atoms with Gasteiger partial charge in [0.25, 0.3) is 5.91 Å². The van der Waals surface area contributed by atoms with Crippen molar-refractivity contribution in [1.29, 1.82) is 0 Å². The minimum Gasteiger partial charge on any atom is -0.391 e. The topological polar surface area (TPSA) is 73.7 Å². The largest absolute Gasteiger partial charge is 0.391 e. The van der Waals surface area contributed by atoms with Crippen LogP contribution in [-0.4, -0.2) is 29.6 Å². The Hall–Kier alpha value is -1.72. The average Bonchev–Trinajstić information content (AvgIpc) is 2.85. The minimum absolute atomic E-state index is 0.174. The van der Waals surface area contributed by atoms with E-state index in [1.165, 1.54) is 6.21 Å². The number of nitrogens with zero attached hydrogens (tertiary/aromatic N) is 1. The first-order valence-electron chi connectivity index (χ1n) is 5.59. The quantitative estimate of drug-likeness (QED) is 0.655. The Kier molecular flexibility index (Phi) is 2.42. The lowest BCUT2D eigenvalue weighted by Gasteiger charge is -2.21. The van der Waals surface area contributed by atoms with E-state index in [1.54, 1.807) is 0 Å². The third kappa shape index (κ3) is 1.83. The molecule has 0 radical (unpaired) electrons. The number of fused-ring (bicyclic) bond motifs is 1. The molecule has 0 fully saturated rings. The van der Waals surface area contributed by atoms with Crippen LogP contribution in [-0.2, 0) is 11.2 Å². The summed E-state index contributed by atoms with van der Waals surface area (Å²) in [5, 5.41) is 15.8. The molecule has 5 heteroatoms. The van der Waals surface area contributed by atoms with Crippen molar-refractivity contribution in [2.45, 2.75) is 24.9 Å². The monoisotopic (exact) mass is 231 g/mol. The molecular weight excluding hydrogens is 218 g/mol. The van der Waals surface area contributed by atoms with Gasteiger partial charge in [-0.3, -0.25) is 10.1 Å². The van der Waals surface area contributed by atoms with E-state index in [9.17, 15) is 9.90 Å². The lowest BCUT2D eigenvalue weighted by molar-refractivity contribution is -0.114. The number of aliphatic hydroxyl groups excluding tert-OH is 1. The second-order valence-corrected chi connectivity index (χ2v) is 4.30. The SMILES string of the molecule is O=C1C=NC(N[C@@H]2c3ccccc3C[C@H]2O)N1. The number of carbonyl (C=O) groups is 1. The third-order valence-corrected chi connectivity index (χ3v) is 3.16. The van der Waals surface area contributed by atoms with Crippen LogP contribution in [0, 0.1) is 0 Å². The van der Waals surface area contributed by atoms with Gasteiger partial charge in [0.15, 0.2) is 6.29 Å². The summed E-state index contributed by atoms with van der Waals surface area (Å²) < 4.78 is 0. The highest BCUT2D eigenvalue weighted by atomic mass is 16.3. The van der Waals surface area contributed by atoms with E-state index in [0.29, 0.717) is 6.42 Å². The number of hydrogen-bond acceptors (Lipinski definition) is 4. The van der Waals surface area contributed by atoms with Crippen LogP contribution in [0.1, 0.15) is 17.2 Å². The van der Waals surface area contributed by atoms with Gasteiger partial charge >= 0.3 is 0 Å². The van der Waals surface area contributed by atoms with Crippen LogP contribution in [0.15, 0.2) is 29.3 Å². The predicted molar refractivity (Wildman–Crippen MR) is 62.5 cm³/mol. The van der Waals surface area contributed by atoms with Gasteiger partial charge in [-0.1, -0.05) is 24.3 Å². The molecule has 1 amide bonds. The summed E-state index contributed by atoms with van der Waals surface area (Å²) in [6, 6.07) is 7.73. The highest BCUT2D eigenvalue weighted by Crippen LogP contribution is 2.31. The van der Waals surface area contributed by atoms with Gasteiger partial charge in [-0.15, -0.1) is 0 Å². The molecule has 0 bridgehead atoms. The molecule has 1 aliphatic carbocycles.